The summed E-state index contributed by atoms with van der Waals surface area (Å²) < 4.78 is 1.85. The second-order valence-electron chi connectivity index (χ2n) is 4.61. The molecule has 18 heavy (non-hydrogen) atoms. The highest BCUT2D eigenvalue weighted by molar-refractivity contribution is 5.21. The summed E-state index contributed by atoms with van der Waals surface area (Å²) in [5, 5.41) is 14.4. The van der Waals surface area contributed by atoms with Gasteiger partial charge in [0, 0.05) is 12.7 Å². The number of aryl methyl sites for hydroxylation is 3. The quantitative estimate of drug-likeness (QED) is 0.878. The maximum absolute atomic E-state index is 10.2. The number of hydrogen-bond acceptors (Lipinski definition) is 2. The van der Waals surface area contributed by atoms with E-state index in [4.69, 9.17) is 0 Å². The summed E-state index contributed by atoms with van der Waals surface area (Å²) in [5.41, 5.74) is 3.44. The third-order valence-electron chi connectivity index (χ3n) is 3.22. The summed E-state index contributed by atoms with van der Waals surface area (Å²) in [4.78, 5) is 0. The maximum atomic E-state index is 10.2. The van der Waals surface area contributed by atoms with Crippen LogP contribution >= 0.6 is 0 Å². The van der Waals surface area contributed by atoms with Gasteiger partial charge in [0.05, 0.1) is 11.8 Å². The molecule has 1 atom stereocenters. The molecule has 1 aromatic carbocycles. The molecule has 0 bridgehead atoms. The fourth-order valence-electron chi connectivity index (χ4n) is 2.10. The largest absolute Gasteiger partial charge is 0.387 e. The minimum absolute atomic E-state index is 0.436. The van der Waals surface area contributed by atoms with Crippen molar-refractivity contribution in [2.45, 2.75) is 39.3 Å². The zero-order valence-electron chi connectivity index (χ0n) is 11.0. The number of hydrogen-bond donors (Lipinski definition) is 1. The Hall–Kier alpha value is -1.61. The van der Waals surface area contributed by atoms with Crippen LogP contribution in [0, 0.1) is 6.92 Å². The molecule has 2 rings (SSSR count). The summed E-state index contributed by atoms with van der Waals surface area (Å²) in [5.74, 6) is 0. The van der Waals surface area contributed by atoms with Crippen molar-refractivity contribution in [3.05, 3.63) is 53.3 Å². The molecule has 3 heteroatoms. The predicted octanol–water partition coefficient (Wildman–Crippen LogP) is 2.88. The molecule has 1 unspecified atom stereocenters. The number of aliphatic hydroxyl groups is 1. The number of aromatic nitrogens is 2. The highest BCUT2D eigenvalue weighted by Gasteiger charge is 2.12. The third kappa shape index (κ3) is 2.99. The lowest BCUT2D eigenvalue weighted by atomic mass is 10.0. The van der Waals surface area contributed by atoms with Gasteiger partial charge in [-0.25, -0.2) is 0 Å². The molecule has 0 aliphatic carbocycles. The molecule has 1 heterocycles. The monoisotopic (exact) mass is 244 g/mol. The van der Waals surface area contributed by atoms with Gasteiger partial charge in [0.15, 0.2) is 0 Å². The Morgan fingerprint density at radius 3 is 2.61 bits per heavy atom. The lowest BCUT2D eigenvalue weighted by Crippen LogP contribution is -2.08. The van der Waals surface area contributed by atoms with Crippen molar-refractivity contribution in [2.24, 2.45) is 0 Å². The molecule has 1 N–H and O–H groups in total. The van der Waals surface area contributed by atoms with Crippen LogP contribution < -0.4 is 0 Å². The SMILES string of the molecule is CCn1nccc1C(O)CCc1ccc(C)cc1. The van der Waals surface area contributed by atoms with Crippen molar-refractivity contribution in [1.29, 1.82) is 0 Å². The summed E-state index contributed by atoms with van der Waals surface area (Å²) in [6.07, 6.45) is 2.92. The molecule has 0 radical (unpaired) electrons. The number of nitrogens with zero attached hydrogens (tertiary/aromatic N) is 2. The van der Waals surface area contributed by atoms with Crippen molar-refractivity contribution >= 4 is 0 Å². The van der Waals surface area contributed by atoms with Gasteiger partial charge in [-0.05, 0) is 38.3 Å². The zero-order valence-corrected chi connectivity index (χ0v) is 11.0. The van der Waals surface area contributed by atoms with Crippen LogP contribution in [0.5, 0.6) is 0 Å². The van der Waals surface area contributed by atoms with Crippen LogP contribution in [0.2, 0.25) is 0 Å². The zero-order chi connectivity index (χ0) is 13.0. The van der Waals surface area contributed by atoms with E-state index in [1.54, 1.807) is 6.20 Å². The van der Waals surface area contributed by atoms with Crippen LogP contribution in [0.1, 0.15) is 36.3 Å². The van der Waals surface area contributed by atoms with Crippen molar-refractivity contribution in [1.82, 2.24) is 9.78 Å². The molecule has 0 aliphatic rings. The average Bonchev–Trinajstić information content (AvgIpc) is 2.86. The van der Waals surface area contributed by atoms with Crippen molar-refractivity contribution in [3.8, 4) is 0 Å². The first kappa shape index (κ1) is 12.8. The molecule has 2 aromatic rings. The van der Waals surface area contributed by atoms with Gasteiger partial charge in [-0.2, -0.15) is 5.10 Å². The van der Waals surface area contributed by atoms with Crippen molar-refractivity contribution in [3.63, 3.8) is 0 Å². The Balaban J connectivity index is 1.96. The minimum Gasteiger partial charge on any atom is -0.387 e. The summed E-state index contributed by atoms with van der Waals surface area (Å²) >= 11 is 0. The van der Waals surface area contributed by atoms with Gasteiger partial charge in [0.1, 0.15) is 0 Å². The lowest BCUT2D eigenvalue weighted by Gasteiger charge is -2.12. The smallest absolute Gasteiger partial charge is 0.0959 e. The van der Waals surface area contributed by atoms with Gasteiger partial charge in [-0.1, -0.05) is 29.8 Å². The standard InChI is InChI=1S/C15H20N2O/c1-3-17-14(10-11-16-17)15(18)9-8-13-6-4-12(2)5-7-13/h4-7,10-11,15,18H,3,8-9H2,1-2H3. The molecule has 0 spiro atoms. The second kappa shape index (κ2) is 5.83. The maximum Gasteiger partial charge on any atom is 0.0959 e. The van der Waals surface area contributed by atoms with E-state index in [9.17, 15) is 5.11 Å². The van der Waals surface area contributed by atoms with E-state index in [0.717, 1.165) is 25.1 Å². The molecule has 0 aliphatic heterocycles. The summed E-state index contributed by atoms with van der Waals surface area (Å²) in [6.45, 7) is 4.91. The van der Waals surface area contributed by atoms with E-state index in [-0.39, 0.29) is 0 Å². The first-order valence-corrected chi connectivity index (χ1v) is 6.46. The van der Waals surface area contributed by atoms with E-state index in [1.165, 1.54) is 11.1 Å². The second-order valence-corrected chi connectivity index (χ2v) is 4.61. The van der Waals surface area contributed by atoms with E-state index >= 15 is 0 Å². The molecule has 0 saturated heterocycles. The fourth-order valence-corrected chi connectivity index (χ4v) is 2.10. The van der Waals surface area contributed by atoms with Gasteiger partial charge >= 0.3 is 0 Å². The van der Waals surface area contributed by atoms with E-state index in [0.29, 0.717) is 0 Å². The number of rotatable bonds is 5. The Labute approximate surface area is 108 Å². The number of aliphatic hydroxyl groups excluding tert-OH is 1. The van der Waals surface area contributed by atoms with Crippen LogP contribution in [0.25, 0.3) is 0 Å². The molecular formula is C15H20N2O. The molecule has 1 aromatic heterocycles. The Morgan fingerprint density at radius 1 is 1.22 bits per heavy atom. The normalized spacial score (nSPS) is 12.6. The van der Waals surface area contributed by atoms with E-state index < -0.39 is 6.10 Å². The molecular weight excluding hydrogens is 224 g/mol. The first-order valence-electron chi connectivity index (χ1n) is 6.46. The number of benzene rings is 1. The Bertz CT molecular complexity index is 487. The highest BCUT2D eigenvalue weighted by Crippen LogP contribution is 2.19. The van der Waals surface area contributed by atoms with Crippen LogP contribution in [0.4, 0.5) is 0 Å². The third-order valence-corrected chi connectivity index (χ3v) is 3.22. The fraction of sp³-hybridized carbons (Fsp3) is 0.400. The van der Waals surface area contributed by atoms with E-state index in [1.807, 2.05) is 17.7 Å². The summed E-state index contributed by atoms with van der Waals surface area (Å²) in [7, 11) is 0. The summed E-state index contributed by atoms with van der Waals surface area (Å²) in [6, 6.07) is 10.4. The molecule has 96 valence electrons. The van der Waals surface area contributed by atoms with Gasteiger partial charge in [-0.15, -0.1) is 0 Å². The average molecular weight is 244 g/mol. The molecule has 3 nitrogen and oxygen atoms in total. The van der Waals surface area contributed by atoms with E-state index in [2.05, 4.69) is 36.3 Å². The highest BCUT2D eigenvalue weighted by atomic mass is 16.3. The van der Waals surface area contributed by atoms with Crippen LogP contribution in [-0.2, 0) is 13.0 Å². The molecule has 0 fully saturated rings. The van der Waals surface area contributed by atoms with Gasteiger partial charge in [0.25, 0.3) is 0 Å². The lowest BCUT2D eigenvalue weighted by molar-refractivity contribution is 0.157. The Morgan fingerprint density at radius 2 is 1.94 bits per heavy atom. The minimum atomic E-state index is -0.436. The predicted molar refractivity (Wildman–Crippen MR) is 72.4 cm³/mol. The van der Waals surface area contributed by atoms with Crippen LogP contribution in [0.15, 0.2) is 36.5 Å². The first-order chi connectivity index (χ1) is 8.70. The molecule has 0 saturated carbocycles. The Kier molecular flexibility index (Phi) is 4.15. The van der Waals surface area contributed by atoms with Gasteiger partial charge in [-0.3, -0.25) is 4.68 Å². The van der Waals surface area contributed by atoms with Gasteiger partial charge < -0.3 is 5.11 Å². The topological polar surface area (TPSA) is 38.0 Å². The molecule has 0 amide bonds. The van der Waals surface area contributed by atoms with Gasteiger partial charge in [0.2, 0.25) is 0 Å². The van der Waals surface area contributed by atoms with Crippen LogP contribution in [-0.4, -0.2) is 14.9 Å². The van der Waals surface area contributed by atoms with Crippen molar-refractivity contribution < 1.29 is 5.11 Å². The van der Waals surface area contributed by atoms with Crippen molar-refractivity contribution in [2.75, 3.05) is 0 Å². The van der Waals surface area contributed by atoms with Crippen LogP contribution in [0.3, 0.4) is 0 Å².